The second kappa shape index (κ2) is 10.9. The maximum atomic E-state index is 12.6. The van der Waals surface area contributed by atoms with Gasteiger partial charge in [-0.2, -0.15) is 0 Å². The summed E-state index contributed by atoms with van der Waals surface area (Å²) >= 11 is 7.58. The minimum Gasteiger partial charge on any atom is -0.481 e. The lowest BCUT2D eigenvalue weighted by atomic mass is 9.91. The Labute approximate surface area is 175 Å². The van der Waals surface area contributed by atoms with E-state index in [0.29, 0.717) is 22.2 Å². The number of pyridine rings is 1. The quantitative estimate of drug-likeness (QED) is 0.623. The molecule has 2 aromatic rings. The number of hydrogen-bond donors (Lipinski definition) is 2. The fourth-order valence-corrected chi connectivity index (χ4v) is 3.27. The van der Waals surface area contributed by atoms with E-state index in [1.807, 2.05) is 26.0 Å². The Bertz CT molecular complexity index is 866. The number of ether oxygens (including phenoxy) is 1. The molecule has 0 bridgehead atoms. The second-order valence-corrected chi connectivity index (χ2v) is 6.82. The fraction of sp³-hybridized carbons (Fsp3) is 0.238. The largest absolute Gasteiger partial charge is 0.481 e. The van der Waals surface area contributed by atoms with Crippen molar-refractivity contribution in [2.45, 2.75) is 26.2 Å². The normalized spacial score (nSPS) is 15.2. The Kier molecular flexibility index (Phi) is 8.57. The van der Waals surface area contributed by atoms with Gasteiger partial charge in [-0.15, -0.1) is 0 Å². The third-order valence-corrected chi connectivity index (χ3v) is 4.98. The van der Waals surface area contributed by atoms with Crippen LogP contribution >= 0.6 is 23.5 Å². The van der Waals surface area contributed by atoms with Gasteiger partial charge >= 0.3 is 0 Å². The number of hydrogen-bond acceptors (Lipinski definition) is 5. The molecule has 1 unspecified atom stereocenters. The summed E-state index contributed by atoms with van der Waals surface area (Å²) in [5.41, 5.74) is 2.05. The molecule has 28 heavy (non-hydrogen) atoms. The van der Waals surface area contributed by atoms with Crippen LogP contribution in [0.15, 0.2) is 59.7 Å². The molecule has 5 nitrogen and oxygen atoms in total. The van der Waals surface area contributed by atoms with Crippen LogP contribution in [0.4, 0.5) is 5.69 Å². The number of nitrogens with two attached hydrogens (primary N) is 1. The van der Waals surface area contributed by atoms with E-state index < -0.39 is 0 Å². The Morgan fingerprint density at radius 3 is 2.68 bits per heavy atom. The topological polar surface area (TPSA) is 77.2 Å². The van der Waals surface area contributed by atoms with Crippen LogP contribution in [0, 0.1) is 0 Å². The number of carbonyl (C=O) groups is 1. The SMILES string of the molecule is CC.COc1ccc(NC(=O)c2ccc(Cl)c(C3C=CC(SN)=CC3)c2)cn1. The summed E-state index contributed by atoms with van der Waals surface area (Å²) in [6, 6.07) is 8.72. The standard InChI is InChI=1S/C19H18ClN3O2S.C2H6/c1-25-18-9-5-14(11-22-18)23-19(24)13-4-8-17(20)16(10-13)12-2-6-15(26-21)7-3-12;1-2/h2,4-12H,3,21H2,1H3,(H,23,24);1-2H3. The highest BCUT2D eigenvalue weighted by Crippen LogP contribution is 2.34. The molecule has 0 radical (unpaired) electrons. The van der Waals surface area contributed by atoms with Crippen molar-refractivity contribution in [1.29, 1.82) is 0 Å². The van der Waals surface area contributed by atoms with Crippen molar-refractivity contribution in [3.8, 4) is 5.88 Å². The molecule has 1 amide bonds. The molecule has 0 spiro atoms. The van der Waals surface area contributed by atoms with Gasteiger partial charge in [0, 0.05) is 27.5 Å². The Balaban J connectivity index is 0.00000136. The summed E-state index contributed by atoms with van der Waals surface area (Å²) in [6.45, 7) is 4.00. The average molecular weight is 418 g/mol. The molecule has 1 atom stereocenters. The van der Waals surface area contributed by atoms with Gasteiger partial charge in [0.05, 0.1) is 19.0 Å². The van der Waals surface area contributed by atoms with E-state index in [2.05, 4.69) is 22.5 Å². The second-order valence-electron chi connectivity index (χ2n) is 5.71. The molecular weight excluding hydrogens is 394 g/mol. The van der Waals surface area contributed by atoms with E-state index in [0.717, 1.165) is 16.9 Å². The lowest BCUT2D eigenvalue weighted by molar-refractivity contribution is 0.102. The Morgan fingerprint density at radius 1 is 1.32 bits per heavy atom. The number of halogens is 1. The van der Waals surface area contributed by atoms with Crippen LogP contribution in [-0.2, 0) is 0 Å². The first-order valence-corrected chi connectivity index (χ1v) is 10.2. The highest BCUT2D eigenvalue weighted by molar-refractivity contribution is 8.01. The molecule has 148 valence electrons. The Hall–Kier alpha value is -2.28. The predicted molar refractivity (Wildman–Crippen MR) is 118 cm³/mol. The van der Waals surface area contributed by atoms with Crippen LogP contribution in [0.3, 0.4) is 0 Å². The van der Waals surface area contributed by atoms with Gasteiger partial charge in [-0.25, -0.2) is 4.98 Å². The number of carbonyl (C=O) groups excluding carboxylic acids is 1. The summed E-state index contributed by atoms with van der Waals surface area (Å²) in [6.07, 6.45) is 8.45. The van der Waals surface area contributed by atoms with E-state index in [-0.39, 0.29) is 11.8 Å². The van der Waals surface area contributed by atoms with E-state index in [1.54, 1.807) is 37.6 Å². The zero-order chi connectivity index (χ0) is 20.5. The minimum atomic E-state index is -0.219. The number of amides is 1. The Morgan fingerprint density at radius 2 is 2.11 bits per heavy atom. The smallest absolute Gasteiger partial charge is 0.255 e. The molecule has 3 rings (SSSR count). The van der Waals surface area contributed by atoms with Crippen molar-refractivity contribution in [3.63, 3.8) is 0 Å². The van der Waals surface area contributed by atoms with Crippen LogP contribution in [0.25, 0.3) is 0 Å². The predicted octanol–water partition coefficient (Wildman–Crippen LogP) is 5.56. The number of rotatable bonds is 5. The molecule has 1 heterocycles. The zero-order valence-corrected chi connectivity index (χ0v) is 17.7. The average Bonchev–Trinajstić information content (AvgIpc) is 2.76. The lowest BCUT2D eigenvalue weighted by Crippen LogP contribution is -2.13. The first-order valence-electron chi connectivity index (χ1n) is 8.96. The summed E-state index contributed by atoms with van der Waals surface area (Å²) in [4.78, 5) is 17.7. The van der Waals surface area contributed by atoms with E-state index in [9.17, 15) is 4.79 Å². The van der Waals surface area contributed by atoms with Gasteiger partial charge in [-0.3, -0.25) is 9.93 Å². The number of nitrogens with zero attached hydrogens (tertiary/aromatic N) is 1. The summed E-state index contributed by atoms with van der Waals surface area (Å²) in [5.74, 6) is 0.390. The summed E-state index contributed by atoms with van der Waals surface area (Å²) in [7, 11) is 1.54. The zero-order valence-electron chi connectivity index (χ0n) is 16.1. The molecule has 1 aliphatic rings. The summed E-state index contributed by atoms with van der Waals surface area (Å²) in [5, 5.41) is 9.04. The van der Waals surface area contributed by atoms with E-state index in [1.165, 1.54) is 11.9 Å². The number of allylic oxidation sites excluding steroid dienone is 3. The van der Waals surface area contributed by atoms with Crippen molar-refractivity contribution in [2.75, 3.05) is 12.4 Å². The summed E-state index contributed by atoms with van der Waals surface area (Å²) < 4.78 is 5.01. The number of anilines is 1. The molecule has 3 N–H and O–H groups in total. The van der Waals surface area contributed by atoms with Crippen molar-refractivity contribution in [3.05, 3.63) is 75.8 Å². The lowest BCUT2D eigenvalue weighted by Gasteiger charge is -2.18. The van der Waals surface area contributed by atoms with Crippen molar-refractivity contribution in [1.82, 2.24) is 4.98 Å². The van der Waals surface area contributed by atoms with E-state index in [4.69, 9.17) is 21.5 Å². The number of nitrogens with one attached hydrogen (secondary N) is 1. The monoisotopic (exact) mass is 417 g/mol. The van der Waals surface area contributed by atoms with Crippen LogP contribution < -0.4 is 15.2 Å². The van der Waals surface area contributed by atoms with Gasteiger partial charge in [0.1, 0.15) is 0 Å². The van der Waals surface area contributed by atoms with Gasteiger partial charge in [-0.05, 0) is 48.2 Å². The van der Waals surface area contributed by atoms with Gasteiger partial charge in [0.25, 0.3) is 5.91 Å². The van der Waals surface area contributed by atoms with Crippen molar-refractivity contribution < 1.29 is 9.53 Å². The first kappa shape index (κ1) is 22.0. The van der Waals surface area contributed by atoms with Crippen LogP contribution in [0.2, 0.25) is 5.02 Å². The third-order valence-electron chi connectivity index (χ3n) is 4.06. The van der Waals surface area contributed by atoms with Crippen LogP contribution in [-0.4, -0.2) is 18.0 Å². The molecule has 1 aromatic carbocycles. The van der Waals surface area contributed by atoms with Crippen LogP contribution in [0.5, 0.6) is 5.88 Å². The third kappa shape index (κ3) is 5.61. The maximum Gasteiger partial charge on any atom is 0.255 e. The van der Waals surface area contributed by atoms with Crippen LogP contribution in [0.1, 0.15) is 42.1 Å². The number of benzene rings is 1. The van der Waals surface area contributed by atoms with E-state index >= 15 is 0 Å². The molecule has 0 aliphatic heterocycles. The molecule has 0 saturated carbocycles. The fourth-order valence-electron chi connectivity index (χ4n) is 2.67. The van der Waals surface area contributed by atoms with Crippen molar-refractivity contribution >= 4 is 35.1 Å². The van der Waals surface area contributed by atoms with Gasteiger partial charge in [0.15, 0.2) is 0 Å². The molecule has 1 aliphatic carbocycles. The molecular formula is C21H24ClN3O2S. The highest BCUT2D eigenvalue weighted by Gasteiger charge is 2.17. The van der Waals surface area contributed by atoms with Gasteiger partial charge in [0.2, 0.25) is 5.88 Å². The maximum absolute atomic E-state index is 12.6. The number of methoxy groups -OCH3 is 1. The molecule has 0 fully saturated rings. The number of aromatic nitrogens is 1. The minimum absolute atomic E-state index is 0.119. The molecule has 0 saturated heterocycles. The molecule has 7 heteroatoms. The first-order chi connectivity index (χ1) is 13.6. The van der Waals surface area contributed by atoms with Gasteiger partial charge < -0.3 is 10.1 Å². The highest BCUT2D eigenvalue weighted by atomic mass is 35.5. The van der Waals surface area contributed by atoms with Gasteiger partial charge in [-0.1, -0.05) is 43.7 Å². The molecule has 1 aromatic heterocycles. The van der Waals surface area contributed by atoms with Crippen molar-refractivity contribution in [2.24, 2.45) is 5.14 Å².